The predicted octanol–water partition coefficient (Wildman–Crippen LogP) is 32.3. The van der Waals surface area contributed by atoms with Crippen molar-refractivity contribution >= 4 is 64.1 Å². The normalized spacial score (nSPS) is 13.9. The molecule has 0 fully saturated rings. The van der Waals surface area contributed by atoms with Gasteiger partial charge in [0.1, 0.15) is 0 Å². The molecule has 0 N–H and O–H groups in total. The van der Waals surface area contributed by atoms with Crippen LogP contribution in [-0.4, -0.2) is 0 Å². The molecule has 0 radical (unpaired) electrons. The monoisotopic (exact) mass is 1270 g/mol. The van der Waals surface area contributed by atoms with E-state index in [4.69, 9.17) is 0 Å². The van der Waals surface area contributed by atoms with Crippen LogP contribution in [0.5, 0.6) is 0 Å². The molecule has 0 bridgehead atoms. The van der Waals surface area contributed by atoms with Crippen molar-refractivity contribution in [2.45, 2.75) is 424 Å². The van der Waals surface area contributed by atoms with E-state index < -0.39 is 0 Å². The summed E-state index contributed by atoms with van der Waals surface area (Å²) in [6.45, 7) is 9.35. The predicted molar refractivity (Wildman–Crippen MR) is 405 cm³/mol. The molecule has 0 aliphatic heterocycles. The van der Waals surface area contributed by atoms with E-state index in [-0.39, 0.29) is 10.8 Å². The van der Waals surface area contributed by atoms with E-state index in [1.165, 1.54) is 385 Å². The molecule has 2 aliphatic carbocycles. The van der Waals surface area contributed by atoms with E-state index in [1.807, 2.05) is 0 Å². The molecule has 0 nitrogen and oxygen atoms in total. The maximum absolute atomic E-state index is 2.95. The van der Waals surface area contributed by atoms with Gasteiger partial charge >= 0.3 is 0 Å². The summed E-state index contributed by atoms with van der Waals surface area (Å²) in [5.41, 5.74) is 10.7. The highest BCUT2D eigenvalue weighted by atomic mass is 32.1. The van der Waals surface area contributed by atoms with Gasteiger partial charge in [0.15, 0.2) is 0 Å². The first-order valence-corrected chi connectivity index (χ1v) is 43.2. The lowest BCUT2D eigenvalue weighted by atomic mass is 9.68. The third kappa shape index (κ3) is 23.5. The zero-order valence-corrected chi connectivity index (χ0v) is 61.8. The standard InChI is InChI=1S/C84H138S4/c1-5-9-13-17-21-25-29-33-37-41-45-49-53-57-63-83(64-58-54-50-46-42-38-34-30-26-22-18-14-10-6-2)73-69-72-74(70-71(73)79-77(83)81-75(87-79)61-67-85-81)84(78-80(72)88-76-62-68-86-82(76)78,65-59-55-51-47-43-39-35-31-27-23-19-15-11-7-3)66-60-56-52-48-44-40-36-32-28-24-20-16-12-8-4/h61-62,67-70H,5-60,63-66H2,1-4H3. The summed E-state index contributed by atoms with van der Waals surface area (Å²) in [4.78, 5) is 3.38. The number of benzene rings is 1. The molecule has 5 aromatic rings. The van der Waals surface area contributed by atoms with Crippen LogP contribution < -0.4 is 0 Å². The Balaban J connectivity index is 1.08. The molecule has 0 saturated heterocycles. The fraction of sp³-hybridized carbons (Fsp3) is 0.786. The highest BCUT2D eigenvalue weighted by Gasteiger charge is 2.50. The van der Waals surface area contributed by atoms with E-state index in [0.717, 1.165) is 0 Å². The summed E-state index contributed by atoms with van der Waals surface area (Å²) >= 11 is 8.56. The van der Waals surface area contributed by atoms with Gasteiger partial charge in [-0.25, -0.2) is 0 Å². The molecule has 0 amide bonds. The Hall–Kier alpha value is -1.46. The van der Waals surface area contributed by atoms with Crippen molar-refractivity contribution < 1.29 is 0 Å². The van der Waals surface area contributed by atoms with Crippen LogP contribution in [0.1, 0.15) is 435 Å². The topological polar surface area (TPSA) is 0 Å². The van der Waals surface area contributed by atoms with E-state index >= 15 is 0 Å². The second kappa shape index (κ2) is 45.0. The van der Waals surface area contributed by atoms with Crippen LogP contribution in [0.4, 0.5) is 0 Å². The Morgan fingerprint density at radius 1 is 0.250 bits per heavy atom. The minimum atomic E-state index is 0.125. The Morgan fingerprint density at radius 3 is 0.648 bits per heavy atom. The molecule has 0 unspecified atom stereocenters. The van der Waals surface area contributed by atoms with Crippen LogP contribution in [0.15, 0.2) is 35.0 Å². The van der Waals surface area contributed by atoms with Crippen LogP contribution in [-0.2, 0) is 10.8 Å². The molecule has 4 heterocycles. The number of unbranched alkanes of at least 4 members (excludes halogenated alkanes) is 52. The van der Waals surface area contributed by atoms with Crippen molar-refractivity contribution in [3.63, 3.8) is 0 Å². The van der Waals surface area contributed by atoms with Crippen LogP contribution in [0.2, 0.25) is 0 Å². The zero-order valence-electron chi connectivity index (χ0n) is 58.5. The minimum Gasteiger partial charge on any atom is -0.143 e. The zero-order chi connectivity index (χ0) is 61.4. The Labute approximate surface area is 562 Å². The molecule has 4 heteroatoms. The highest BCUT2D eigenvalue weighted by Crippen LogP contribution is 2.66. The lowest BCUT2D eigenvalue weighted by Crippen LogP contribution is -2.27. The van der Waals surface area contributed by atoms with E-state index in [9.17, 15) is 0 Å². The van der Waals surface area contributed by atoms with Gasteiger partial charge in [0.05, 0.1) is 0 Å². The summed E-state index contributed by atoms with van der Waals surface area (Å²) in [5.74, 6) is 0. The minimum absolute atomic E-state index is 0.125. The van der Waals surface area contributed by atoms with Crippen molar-refractivity contribution in [1.29, 1.82) is 0 Å². The van der Waals surface area contributed by atoms with Gasteiger partial charge in [-0.15, -0.1) is 45.3 Å². The average molecular weight is 1280 g/mol. The van der Waals surface area contributed by atoms with Gasteiger partial charge in [-0.2, -0.15) is 0 Å². The fourth-order valence-electron chi connectivity index (χ4n) is 16.7. The summed E-state index contributed by atoms with van der Waals surface area (Å²) in [5, 5.41) is 4.88. The Bertz CT molecular complexity index is 2270. The van der Waals surface area contributed by atoms with Crippen molar-refractivity contribution in [1.82, 2.24) is 0 Å². The summed E-state index contributed by atoms with van der Waals surface area (Å²) in [7, 11) is 0. The van der Waals surface area contributed by atoms with Crippen LogP contribution >= 0.6 is 45.3 Å². The van der Waals surface area contributed by atoms with Gasteiger partial charge in [0, 0.05) is 39.4 Å². The van der Waals surface area contributed by atoms with Gasteiger partial charge in [0.25, 0.3) is 0 Å². The SMILES string of the molecule is CCCCCCCCCCCCCCCCC1(CCCCCCCCCCCCCCCC)c2cc3c(cc2-c2sc4ccsc4c21)C(CCCCCCCCCCCCCCCC)(CCCCCCCCCCCCCCCC)c1c-3sc2ccsc12. The number of hydrogen-bond acceptors (Lipinski definition) is 4. The van der Waals surface area contributed by atoms with E-state index in [1.54, 1.807) is 61.9 Å². The maximum atomic E-state index is 2.95. The summed E-state index contributed by atoms with van der Waals surface area (Å²) in [6.07, 6.45) is 85.6. The lowest BCUT2D eigenvalue weighted by molar-refractivity contribution is 0.396. The van der Waals surface area contributed by atoms with Crippen LogP contribution in [0.25, 0.3) is 39.7 Å². The van der Waals surface area contributed by atoms with Gasteiger partial charge in [-0.05, 0) is 94.1 Å². The average Bonchev–Trinajstić information content (AvgIpc) is 1.52. The number of rotatable bonds is 60. The second-order valence-corrected chi connectivity index (χ2v) is 33.3. The molecule has 7 rings (SSSR count). The highest BCUT2D eigenvalue weighted by molar-refractivity contribution is 7.30. The Morgan fingerprint density at radius 2 is 0.443 bits per heavy atom. The van der Waals surface area contributed by atoms with Gasteiger partial charge in [0.2, 0.25) is 0 Å². The number of fused-ring (bicyclic) bond motifs is 10. The van der Waals surface area contributed by atoms with E-state index in [2.05, 4.69) is 108 Å². The maximum Gasteiger partial charge on any atom is 0.0498 e. The summed E-state index contributed by atoms with van der Waals surface area (Å²) in [6, 6.07) is 10.9. The third-order valence-corrected chi connectivity index (χ3v) is 26.6. The largest absolute Gasteiger partial charge is 0.143 e. The molecular weight excluding hydrogens is 1140 g/mol. The van der Waals surface area contributed by atoms with Crippen molar-refractivity contribution in [2.75, 3.05) is 0 Å². The second-order valence-electron chi connectivity index (χ2n) is 29.3. The third-order valence-electron chi connectivity index (χ3n) is 22.1. The van der Waals surface area contributed by atoms with Crippen molar-refractivity contribution in [2.24, 2.45) is 0 Å². The first kappa shape index (κ1) is 73.9. The lowest BCUT2D eigenvalue weighted by Gasteiger charge is -2.35. The first-order chi connectivity index (χ1) is 43.6. The van der Waals surface area contributed by atoms with E-state index in [0.29, 0.717) is 0 Å². The molecule has 0 spiro atoms. The van der Waals surface area contributed by atoms with Crippen LogP contribution in [0.3, 0.4) is 0 Å². The summed E-state index contributed by atoms with van der Waals surface area (Å²) < 4.78 is 6.45. The van der Waals surface area contributed by atoms with Gasteiger partial charge in [-0.1, -0.05) is 387 Å². The van der Waals surface area contributed by atoms with Crippen molar-refractivity contribution in [3.8, 4) is 20.9 Å². The molecule has 0 atom stereocenters. The van der Waals surface area contributed by atoms with Crippen LogP contribution in [0, 0.1) is 0 Å². The van der Waals surface area contributed by atoms with Gasteiger partial charge in [-0.3, -0.25) is 0 Å². The molecule has 4 aromatic heterocycles. The quantitative estimate of drug-likeness (QED) is 0.0340. The fourth-order valence-corrected chi connectivity index (χ4v) is 21.9. The first-order valence-electron chi connectivity index (χ1n) is 39.8. The molecule has 2 aliphatic rings. The Kier molecular flexibility index (Phi) is 37.8. The smallest absolute Gasteiger partial charge is 0.0498 e. The molecule has 1 aromatic carbocycles. The molecule has 88 heavy (non-hydrogen) atoms. The van der Waals surface area contributed by atoms with Gasteiger partial charge < -0.3 is 0 Å². The number of hydrogen-bond donors (Lipinski definition) is 0. The molecule has 498 valence electrons. The number of thiophene rings is 4. The molecule has 0 saturated carbocycles. The molecular formula is C84H138S4. The van der Waals surface area contributed by atoms with Crippen molar-refractivity contribution in [3.05, 3.63) is 57.3 Å².